The Hall–Kier alpha value is -1.75. The zero-order valence-electron chi connectivity index (χ0n) is 14.9. The van der Waals surface area contributed by atoms with Crippen LogP contribution in [0.1, 0.15) is 27.7 Å². The molecule has 1 unspecified atom stereocenters. The summed E-state index contributed by atoms with van der Waals surface area (Å²) in [5.41, 5.74) is 7.22. The van der Waals surface area contributed by atoms with Crippen molar-refractivity contribution >= 4 is 11.6 Å². The van der Waals surface area contributed by atoms with Gasteiger partial charge in [-0.2, -0.15) is 0 Å². The lowest BCUT2D eigenvalue weighted by atomic mass is 10.1. The molecule has 0 radical (unpaired) electrons. The Bertz CT molecular complexity index is 498. The first-order chi connectivity index (χ1) is 10.8. The van der Waals surface area contributed by atoms with Gasteiger partial charge in [-0.1, -0.05) is 18.2 Å². The van der Waals surface area contributed by atoms with Gasteiger partial charge < -0.3 is 16.0 Å². The van der Waals surface area contributed by atoms with Crippen molar-refractivity contribution in [2.45, 2.75) is 39.3 Å². The zero-order chi connectivity index (χ0) is 16.9. The van der Waals surface area contributed by atoms with Crippen LogP contribution in [0.2, 0.25) is 0 Å². The molecule has 23 heavy (non-hydrogen) atoms. The van der Waals surface area contributed by atoms with Crippen molar-refractivity contribution in [1.82, 2.24) is 10.2 Å². The Labute approximate surface area is 140 Å². The molecule has 1 aromatic rings. The van der Waals surface area contributed by atoms with E-state index in [9.17, 15) is 0 Å². The van der Waals surface area contributed by atoms with E-state index in [1.165, 1.54) is 5.69 Å². The Balaban J connectivity index is 1.79. The van der Waals surface area contributed by atoms with E-state index in [-0.39, 0.29) is 5.54 Å². The summed E-state index contributed by atoms with van der Waals surface area (Å²) in [5.74, 6) is 0.535. The van der Waals surface area contributed by atoms with E-state index in [0.717, 1.165) is 32.7 Å². The minimum absolute atomic E-state index is 0.0435. The molecule has 5 nitrogen and oxygen atoms in total. The van der Waals surface area contributed by atoms with Crippen molar-refractivity contribution in [1.29, 1.82) is 0 Å². The second-order valence-corrected chi connectivity index (χ2v) is 7.31. The average Bonchev–Trinajstić information content (AvgIpc) is 2.52. The van der Waals surface area contributed by atoms with E-state index in [0.29, 0.717) is 12.0 Å². The summed E-state index contributed by atoms with van der Waals surface area (Å²) < 4.78 is 0. The third-order valence-electron chi connectivity index (χ3n) is 4.09. The van der Waals surface area contributed by atoms with Gasteiger partial charge in [-0.3, -0.25) is 9.89 Å². The van der Waals surface area contributed by atoms with Crippen molar-refractivity contribution in [3.05, 3.63) is 30.3 Å². The first-order valence-electron chi connectivity index (χ1n) is 8.47. The molecule has 1 aliphatic heterocycles. The summed E-state index contributed by atoms with van der Waals surface area (Å²) in [6.45, 7) is 13.5. The predicted octanol–water partition coefficient (Wildman–Crippen LogP) is 1.90. The standard InChI is InChI=1S/C18H31N5/c1-15(14-20-17(19)21-18(2,3)4)22-10-12-23(13-11-22)16-8-6-5-7-9-16/h5-9,15H,10-14H2,1-4H3,(H3,19,20,21). The topological polar surface area (TPSA) is 56.9 Å². The summed E-state index contributed by atoms with van der Waals surface area (Å²) in [7, 11) is 0. The fourth-order valence-electron chi connectivity index (χ4n) is 2.83. The molecule has 3 N–H and O–H groups in total. The number of nitrogens with zero attached hydrogens (tertiary/aromatic N) is 3. The number of hydrogen-bond acceptors (Lipinski definition) is 3. The quantitative estimate of drug-likeness (QED) is 0.658. The van der Waals surface area contributed by atoms with Crippen LogP contribution in [-0.4, -0.2) is 55.2 Å². The Morgan fingerprint density at radius 1 is 1.17 bits per heavy atom. The van der Waals surface area contributed by atoms with Crippen LogP contribution < -0.4 is 16.0 Å². The minimum atomic E-state index is -0.0435. The second kappa shape index (κ2) is 7.68. The molecule has 5 heteroatoms. The van der Waals surface area contributed by atoms with Gasteiger partial charge in [0.05, 0.1) is 6.54 Å². The molecule has 1 saturated heterocycles. The highest BCUT2D eigenvalue weighted by atomic mass is 15.3. The maximum absolute atomic E-state index is 5.95. The van der Waals surface area contributed by atoms with E-state index >= 15 is 0 Å². The van der Waals surface area contributed by atoms with E-state index < -0.39 is 0 Å². The van der Waals surface area contributed by atoms with Gasteiger partial charge in [0.25, 0.3) is 0 Å². The molecular weight excluding hydrogens is 286 g/mol. The summed E-state index contributed by atoms with van der Waals surface area (Å²) in [5, 5.41) is 3.21. The highest BCUT2D eigenvalue weighted by Crippen LogP contribution is 2.16. The molecule has 1 aromatic carbocycles. The van der Waals surface area contributed by atoms with Crippen LogP contribution in [0.5, 0.6) is 0 Å². The monoisotopic (exact) mass is 317 g/mol. The maximum Gasteiger partial charge on any atom is 0.189 e. The molecule has 1 fully saturated rings. The predicted molar refractivity (Wildman–Crippen MR) is 99.1 cm³/mol. The largest absolute Gasteiger partial charge is 0.370 e. The van der Waals surface area contributed by atoms with Gasteiger partial charge in [0, 0.05) is 43.4 Å². The van der Waals surface area contributed by atoms with Crippen molar-refractivity contribution in [3.8, 4) is 0 Å². The molecule has 1 atom stereocenters. The average molecular weight is 317 g/mol. The SMILES string of the molecule is CC(CN=C(N)NC(C)(C)C)N1CCN(c2ccccc2)CC1. The van der Waals surface area contributed by atoms with Crippen LogP contribution in [0.15, 0.2) is 35.3 Å². The molecule has 0 aliphatic carbocycles. The number of para-hydroxylation sites is 1. The van der Waals surface area contributed by atoms with Crippen molar-refractivity contribution in [2.24, 2.45) is 10.7 Å². The number of nitrogens with one attached hydrogen (secondary N) is 1. The molecule has 0 bridgehead atoms. The highest BCUT2D eigenvalue weighted by Gasteiger charge is 2.21. The minimum Gasteiger partial charge on any atom is -0.370 e. The third kappa shape index (κ3) is 5.75. The molecule has 1 aliphatic rings. The molecule has 128 valence electrons. The van der Waals surface area contributed by atoms with Crippen LogP contribution in [0.25, 0.3) is 0 Å². The molecule has 2 rings (SSSR count). The lowest BCUT2D eigenvalue weighted by Gasteiger charge is -2.38. The fraction of sp³-hybridized carbons (Fsp3) is 0.611. The van der Waals surface area contributed by atoms with Gasteiger partial charge in [-0.15, -0.1) is 0 Å². The first-order valence-corrected chi connectivity index (χ1v) is 8.47. The van der Waals surface area contributed by atoms with Gasteiger partial charge in [0.1, 0.15) is 0 Å². The van der Waals surface area contributed by atoms with Crippen molar-refractivity contribution < 1.29 is 0 Å². The summed E-state index contributed by atoms with van der Waals surface area (Å²) >= 11 is 0. The highest BCUT2D eigenvalue weighted by molar-refractivity contribution is 5.78. The lowest BCUT2D eigenvalue weighted by molar-refractivity contribution is 0.201. The van der Waals surface area contributed by atoms with E-state index in [4.69, 9.17) is 5.73 Å². The number of piperazine rings is 1. The normalized spacial score (nSPS) is 18.8. The molecule has 0 saturated carbocycles. The van der Waals surface area contributed by atoms with Crippen LogP contribution in [0, 0.1) is 0 Å². The van der Waals surface area contributed by atoms with Crippen LogP contribution in [0.4, 0.5) is 5.69 Å². The number of guanidine groups is 1. The smallest absolute Gasteiger partial charge is 0.189 e. The van der Waals surface area contributed by atoms with E-state index in [1.54, 1.807) is 0 Å². The zero-order valence-corrected chi connectivity index (χ0v) is 14.9. The van der Waals surface area contributed by atoms with Crippen molar-refractivity contribution in [2.75, 3.05) is 37.6 Å². The maximum atomic E-state index is 5.95. The summed E-state index contributed by atoms with van der Waals surface area (Å²) in [6.07, 6.45) is 0. The van der Waals surface area contributed by atoms with Crippen LogP contribution in [0.3, 0.4) is 0 Å². The summed E-state index contributed by atoms with van der Waals surface area (Å²) in [6, 6.07) is 11.0. The van der Waals surface area contributed by atoms with E-state index in [1.807, 2.05) is 0 Å². The van der Waals surface area contributed by atoms with Gasteiger partial charge in [-0.05, 0) is 39.8 Å². The number of aliphatic imine (C=N–C) groups is 1. The Morgan fingerprint density at radius 2 is 1.78 bits per heavy atom. The number of anilines is 1. The first kappa shape index (κ1) is 17.6. The molecular formula is C18H31N5. The summed E-state index contributed by atoms with van der Waals surface area (Å²) in [4.78, 5) is 9.43. The van der Waals surface area contributed by atoms with Crippen molar-refractivity contribution in [3.63, 3.8) is 0 Å². The number of nitrogens with two attached hydrogens (primary N) is 1. The van der Waals surface area contributed by atoms with E-state index in [2.05, 4.69) is 78.1 Å². The Morgan fingerprint density at radius 3 is 2.35 bits per heavy atom. The molecule has 0 aromatic heterocycles. The fourth-order valence-corrected chi connectivity index (χ4v) is 2.83. The van der Waals surface area contributed by atoms with Gasteiger partial charge in [-0.25, -0.2) is 0 Å². The molecule has 0 spiro atoms. The van der Waals surface area contributed by atoms with Gasteiger partial charge >= 0.3 is 0 Å². The number of hydrogen-bond donors (Lipinski definition) is 2. The van der Waals surface area contributed by atoms with Crippen LogP contribution >= 0.6 is 0 Å². The van der Waals surface area contributed by atoms with Gasteiger partial charge in [0.15, 0.2) is 5.96 Å². The Kier molecular flexibility index (Phi) is 5.88. The van der Waals surface area contributed by atoms with Crippen LogP contribution in [-0.2, 0) is 0 Å². The number of benzene rings is 1. The van der Waals surface area contributed by atoms with Gasteiger partial charge in [0.2, 0.25) is 0 Å². The molecule has 1 heterocycles. The number of rotatable bonds is 4. The second-order valence-electron chi connectivity index (χ2n) is 7.31. The molecule has 0 amide bonds. The third-order valence-corrected chi connectivity index (χ3v) is 4.09. The lowest BCUT2D eigenvalue weighted by Crippen LogP contribution is -2.51.